The minimum absolute atomic E-state index is 0.142. The Morgan fingerprint density at radius 1 is 1.44 bits per heavy atom. The molecular weight excluding hydrogens is 238 g/mol. The van der Waals surface area contributed by atoms with Crippen LogP contribution >= 0.6 is 0 Å². The zero-order chi connectivity index (χ0) is 13.8. The first-order valence-electron chi connectivity index (χ1n) is 5.15. The molecule has 0 spiro atoms. The summed E-state index contributed by atoms with van der Waals surface area (Å²) < 4.78 is 4.18. The maximum Gasteiger partial charge on any atom is 0.371 e. The summed E-state index contributed by atoms with van der Waals surface area (Å²) in [6, 6.07) is 5.17. The number of ether oxygens (including phenoxy) is 1. The molecule has 0 saturated carbocycles. The monoisotopic (exact) mass is 253 g/mol. The van der Waals surface area contributed by atoms with E-state index in [1.807, 2.05) is 0 Å². The van der Waals surface area contributed by atoms with Gasteiger partial charge in [-0.25, -0.2) is 10.2 Å². The van der Waals surface area contributed by atoms with E-state index in [0.717, 1.165) is 0 Å². The van der Waals surface area contributed by atoms with Crippen LogP contribution in [0.15, 0.2) is 24.4 Å². The smallest absolute Gasteiger partial charge is 0.371 e. The Balaban J connectivity index is 0.000000360. The summed E-state index contributed by atoms with van der Waals surface area (Å²) in [7, 11) is 1.63. The molecule has 0 radical (unpaired) electrons. The zero-order valence-corrected chi connectivity index (χ0v) is 10.2. The molecule has 1 aromatic heterocycles. The van der Waals surface area contributed by atoms with Crippen molar-refractivity contribution in [1.82, 2.24) is 15.8 Å². The number of nitrogens with one attached hydrogen (secondary N) is 2. The standard InChI is InChI=1S/C7H9N3O.C4H6O3/c1-8-10-7(11)6-4-2-3-5-9-6;1-2-7-4(6)3-5/h2-5,8H,1H3,(H,10,11);3H,2H2,1H3. The fourth-order valence-corrected chi connectivity index (χ4v) is 0.851. The van der Waals surface area contributed by atoms with E-state index >= 15 is 0 Å². The van der Waals surface area contributed by atoms with Crippen molar-refractivity contribution in [1.29, 1.82) is 0 Å². The van der Waals surface area contributed by atoms with Gasteiger partial charge in [-0.15, -0.1) is 0 Å². The molecule has 1 heterocycles. The second kappa shape index (κ2) is 9.91. The van der Waals surface area contributed by atoms with Crippen molar-refractivity contribution < 1.29 is 19.1 Å². The van der Waals surface area contributed by atoms with Gasteiger partial charge < -0.3 is 4.74 Å². The highest BCUT2D eigenvalue weighted by molar-refractivity contribution is 6.20. The predicted molar refractivity (Wildman–Crippen MR) is 63.5 cm³/mol. The van der Waals surface area contributed by atoms with Crippen molar-refractivity contribution in [2.75, 3.05) is 13.7 Å². The number of amides is 1. The molecule has 0 bridgehead atoms. The van der Waals surface area contributed by atoms with Crippen LogP contribution in [-0.2, 0) is 14.3 Å². The molecule has 1 amide bonds. The van der Waals surface area contributed by atoms with Gasteiger partial charge in [0.15, 0.2) is 0 Å². The number of carbonyl (C=O) groups is 3. The minimum atomic E-state index is -0.803. The summed E-state index contributed by atoms with van der Waals surface area (Å²) in [5.74, 6) is -1.03. The van der Waals surface area contributed by atoms with E-state index in [1.54, 1.807) is 38.4 Å². The van der Waals surface area contributed by atoms with Gasteiger partial charge >= 0.3 is 5.97 Å². The second-order valence-corrected chi connectivity index (χ2v) is 2.79. The number of aldehydes is 1. The van der Waals surface area contributed by atoms with Crippen LogP contribution in [0.5, 0.6) is 0 Å². The summed E-state index contributed by atoms with van der Waals surface area (Å²) in [5, 5.41) is 0. The Kier molecular flexibility index (Phi) is 8.66. The van der Waals surface area contributed by atoms with Crippen LogP contribution in [0.25, 0.3) is 0 Å². The van der Waals surface area contributed by atoms with Crippen LogP contribution in [0.4, 0.5) is 0 Å². The fourth-order valence-electron chi connectivity index (χ4n) is 0.851. The highest BCUT2D eigenvalue weighted by atomic mass is 16.5. The predicted octanol–water partition coefficient (Wildman–Crippen LogP) is -0.306. The number of carbonyl (C=O) groups excluding carboxylic acids is 3. The van der Waals surface area contributed by atoms with Crippen LogP contribution < -0.4 is 10.9 Å². The maximum absolute atomic E-state index is 11.0. The van der Waals surface area contributed by atoms with Gasteiger partial charge in [-0.05, 0) is 19.1 Å². The molecule has 0 saturated heterocycles. The van der Waals surface area contributed by atoms with Gasteiger partial charge in [-0.2, -0.15) is 0 Å². The van der Waals surface area contributed by atoms with E-state index in [4.69, 9.17) is 0 Å². The number of hydrogen-bond donors (Lipinski definition) is 2. The minimum Gasteiger partial charge on any atom is -0.460 e. The number of aromatic nitrogens is 1. The lowest BCUT2D eigenvalue weighted by molar-refractivity contribution is -0.148. The van der Waals surface area contributed by atoms with Crippen molar-refractivity contribution in [3.63, 3.8) is 0 Å². The summed E-state index contributed by atoms with van der Waals surface area (Å²) in [6.07, 6.45) is 1.72. The van der Waals surface area contributed by atoms with Gasteiger partial charge in [-0.3, -0.25) is 20.0 Å². The third-order valence-electron chi connectivity index (χ3n) is 1.52. The van der Waals surface area contributed by atoms with Gasteiger partial charge in [0.1, 0.15) is 5.69 Å². The normalized spacial score (nSPS) is 8.56. The van der Waals surface area contributed by atoms with E-state index in [9.17, 15) is 14.4 Å². The summed E-state index contributed by atoms with van der Waals surface area (Å²) in [5.41, 5.74) is 5.34. The van der Waals surface area contributed by atoms with Crippen LogP contribution in [0.2, 0.25) is 0 Å². The van der Waals surface area contributed by atoms with Gasteiger partial charge in [0.25, 0.3) is 5.91 Å². The molecule has 1 rings (SSSR count). The van der Waals surface area contributed by atoms with E-state index in [0.29, 0.717) is 5.69 Å². The first-order chi connectivity index (χ1) is 8.65. The lowest BCUT2D eigenvalue weighted by Crippen LogP contribution is -2.34. The molecule has 2 N–H and O–H groups in total. The molecular formula is C11H15N3O4. The summed E-state index contributed by atoms with van der Waals surface area (Å²) >= 11 is 0. The van der Waals surface area contributed by atoms with Gasteiger partial charge in [0.2, 0.25) is 6.29 Å². The van der Waals surface area contributed by atoms with Crippen LogP contribution in [0.1, 0.15) is 17.4 Å². The quantitative estimate of drug-likeness (QED) is 0.331. The molecule has 0 aromatic carbocycles. The van der Waals surface area contributed by atoms with E-state index in [1.165, 1.54) is 0 Å². The molecule has 7 nitrogen and oxygen atoms in total. The van der Waals surface area contributed by atoms with E-state index in [-0.39, 0.29) is 18.8 Å². The van der Waals surface area contributed by atoms with Crippen molar-refractivity contribution in [2.24, 2.45) is 0 Å². The van der Waals surface area contributed by atoms with Crippen LogP contribution in [0.3, 0.4) is 0 Å². The van der Waals surface area contributed by atoms with Gasteiger partial charge in [0, 0.05) is 13.2 Å². The Morgan fingerprint density at radius 2 is 2.17 bits per heavy atom. The highest BCUT2D eigenvalue weighted by Crippen LogP contribution is 1.90. The van der Waals surface area contributed by atoms with E-state index < -0.39 is 5.97 Å². The summed E-state index contributed by atoms with van der Waals surface area (Å²) in [6.45, 7) is 1.90. The zero-order valence-electron chi connectivity index (χ0n) is 10.2. The molecule has 0 aliphatic heterocycles. The first-order valence-corrected chi connectivity index (χ1v) is 5.15. The molecule has 18 heavy (non-hydrogen) atoms. The van der Waals surface area contributed by atoms with Crippen molar-refractivity contribution in [2.45, 2.75) is 6.92 Å². The van der Waals surface area contributed by atoms with Gasteiger partial charge in [0.05, 0.1) is 6.61 Å². The number of hydrazine groups is 1. The Morgan fingerprint density at radius 3 is 2.56 bits per heavy atom. The van der Waals surface area contributed by atoms with Crippen LogP contribution in [-0.4, -0.2) is 36.8 Å². The lowest BCUT2D eigenvalue weighted by Gasteiger charge is -1.99. The molecule has 0 aliphatic rings. The number of pyridine rings is 1. The average molecular weight is 253 g/mol. The molecule has 0 fully saturated rings. The van der Waals surface area contributed by atoms with Crippen molar-refractivity contribution >= 4 is 18.2 Å². The Bertz CT molecular complexity index is 381. The van der Waals surface area contributed by atoms with E-state index in [2.05, 4.69) is 20.6 Å². The Labute approximate surface area is 105 Å². The molecule has 7 heteroatoms. The molecule has 1 aromatic rings. The van der Waals surface area contributed by atoms with Crippen molar-refractivity contribution in [3.05, 3.63) is 30.1 Å². The van der Waals surface area contributed by atoms with Crippen molar-refractivity contribution in [3.8, 4) is 0 Å². The number of hydrogen-bond acceptors (Lipinski definition) is 6. The summed E-state index contributed by atoms with van der Waals surface area (Å²) in [4.78, 5) is 34.1. The van der Waals surface area contributed by atoms with Crippen LogP contribution in [0, 0.1) is 0 Å². The fraction of sp³-hybridized carbons (Fsp3) is 0.273. The Hall–Kier alpha value is -2.28. The SMILES string of the molecule is CCOC(=O)C=O.CNNC(=O)c1ccccn1. The van der Waals surface area contributed by atoms with Gasteiger partial charge in [-0.1, -0.05) is 6.07 Å². The molecule has 98 valence electrons. The lowest BCUT2D eigenvalue weighted by atomic mass is 10.3. The third-order valence-corrected chi connectivity index (χ3v) is 1.52. The number of esters is 1. The number of rotatable bonds is 4. The third kappa shape index (κ3) is 7.07. The highest BCUT2D eigenvalue weighted by Gasteiger charge is 2.02. The number of nitrogens with zero attached hydrogens (tertiary/aromatic N) is 1. The topological polar surface area (TPSA) is 97.4 Å². The molecule has 0 atom stereocenters. The largest absolute Gasteiger partial charge is 0.460 e. The maximum atomic E-state index is 11.0. The molecule has 0 aliphatic carbocycles. The first kappa shape index (κ1) is 15.7. The molecule has 0 unspecified atom stereocenters. The second-order valence-electron chi connectivity index (χ2n) is 2.79. The average Bonchev–Trinajstić information content (AvgIpc) is 2.41.